The number of amides is 1. The number of nitrogens with zero attached hydrogens (tertiary/aromatic N) is 5. The summed E-state index contributed by atoms with van der Waals surface area (Å²) in [7, 11) is 1.59. The minimum atomic E-state index is -0.797. The van der Waals surface area contributed by atoms with E-state index < -0.39 is 6.09 Å². The Morgan fingerprint density at radius 1 is 1.09 bits per heavy atom. The molecule has 4 fully saturated rings. The molecule has 234 valence electrons. The third-order valence-corrected chi connectivity index (χ3v) is 9.82. The number of para-hydroxylation sites is 1. The minimum absolute atomic E-state index is 0.153. The molecule has 0 bridgehead atoms. The van der Waals surface area contributed by atoms with Gasteiger partial charge in [0, 0.05) is 58.5 Å². The van der Waals surface area contributed by atoms with E-state index in [1.807, 2.05) is 30.3 Å². The van der Waals surface area contributed by atoms with Gasteiger partial charge in [-0.25, -0.2) is 4.79 Å². The molecule has 2 aromatic rings. The van der Waals surface area contributed by atoms with Crippen LogP contribution in [0, 0.1) is 5.41 Å². The Balaban J connectivity index is 0.983. The Morgan fingerprint density at radius 3 is 2.60 bits per heavy atom. The first-order valence-corrected chi connectivity index (χ1v) is 15.4. The molecule has 12 nitrogen and oxygen atoms in total. The van der Waals surface area contributed by atoms with Gasteiger partial charge in [-0.15, -0.1) is 10.2 Å². The molecule has 1 saturated carbocycles. The molecular weight excluding hydrogens is 552 g/mol. The molecule has 4 aliphatic rings. The number of hydrogen-bond acceptors (Lipinski definition) is 10. The molecular formula is C31H44N6O6. The van der Waals surface area contributed by atoms with E-state index in [1.54, 1.807) is 12.0 Å². The maximum absolute atomic E-state index is 11.2. The fourth-order valence-corrected chi connectivity index (χ4v) is 7.23. The highest BCUT2D eigenvalue weighted by atomic mass is 16.7. The van der Waals surface area contributed by atoms with Crippen LogP contribution in [-0.2, 0) is 14.2 Å². The van der Waals surface area contributed by atoms with Gasteiger partial charge in [-0.1, -0.05) is 12.1 Å². The van der Waals surface area contributed by atoms with Crippen molar-refractivity contribution in [1.82, 2.24) is 20.0 Å². The number of rotatable bonds is 9. The molecule has 1 aromatic carbocycles. The van der Waals surface area contributed by atoms with Gasteiger partial charge >= 0.3 is 6.09 Å². The van der Waals surface area contributed by atoms with Crippen molar-refractivity contribution in [3.63, 3.8) is 0 Å². The Labute approximate surface area is 253 Å². The summed E-state index contributed by atoms with van der Waals surface area (Å²) in [5.74, 6) is 1.10. The highest BCUT2D eigenvalue weighted by Crippen LogP contribution is 2.50. The van der Waals surface area contributed by atoms with Gasteiger partial charge in [0.15, 0.2) is 12.6 Å². The second kappa shape index (κ2) is 12.8. The van der Waals surface area contributed by atoms with Crippen LogP contribution in [-0.4, -0.2) is 116 Å². The van der Waals surface area contributed by atoms with Crippen LogP contribution in [0.3, 0.4) is 0 Å². The topological polar surface area (TPSA) is 136 Å². The number of aromatic nitrogens is 2. The number of hydrogen-bond donors (Lipinski definition) is 2. The molecule has 1 aromatic heterocycles. The van der Waals surface area contributed by atoms with Crippen LogP contribution in [0.2, 0.25) is 0 Å². The lowest BCUT2D eigenvalue weighted by Crippen LogP contribution is -2.57. The van der Waals surface area contributed by atoms with Gasteiger partial charge in [-0.2, -0.15) is 0 Å². The summed E-state index contributed by atoms with van der Waals surface area (Å²) in [6.45, 7) is 7.29. The van der Waals surface area contributed by atoms with Crippen molar-refractivity contribution < 1.29 is 28.8 Å². The number of nitrogens with two attached hydrogens (primary N) is 1. The van der Waals surface area contributed by atoms with Crippen LogP contribution in [0.25, 0.3) is 11.3 Å². The van der Waals surface area contributed by atoms with Crippen LogP contribution in [0.15, 0.2) is 30.3 Å². The number of nitrogen functional groups attached to an aromatic ring is 1. The van der Waals surface area contributed by atoms with E-state index >= 15 is 0 Å². The molecule has 0 unspecified atom stereocenters. The number of piperidine rings is 2. The van der Waals surface area contributed by atoms with Gasteiger partial charge in [-0.3, -0.25) is 4.90 Å². The predicted octanol–water partition coefficient (Wildman–Crippen LogP) is 3.32. The zero-order chi connectivity index (χ0) is 29.9. The number of likely N-dealkylation sites (tertiary alicyclic amines) is 1. The quantitative estimate of drug-likeness (QED) is 0.413. The van der Waals surface area contributed by atoms with Crippen LogP contribution >= 0.6 is 0 Å². The summed E-state index contributed by atoms with van der Waals surface area (Å²) in [6, 6.07) is 9.72. The van der Waals surface area contributed by atoms with Gasteiger partial charge in [0.05, 0.1) is 36.3 Å². The fourth-order valence-electron chi connectivity index (χ4n) is 7.23. The van der Waals surface area contributed by atoms with E-state index in [2.05, 4.69) is 20.0 Å². The van der Waals surface area contributed by atoms with E-state index in [0.717, 1.165) is 95.7 Å². The van der Waals surface area contributed by atoms with E-state index in [-0.39, 0.29) is 12.4 Å². The highest BCUT2D eigenvalue weighted by Gasteiger charge is 2.47. The normalized spacial score (nSPS) is 22.1. The average molecular weight is 597 g/mol. The maximum atomic E-state index is 11.2. The molecule has 1 aliphatic carbocycles. The third kappa shape index (κ3) is 6.67. The van der Waals surface area contributed by atoms with E-state index in [9.17, 15) is 9.90 Å². The largest absolute Gasteiger partial charge is 0.467 e. The molecule has 0 atom stereocenters. The SMILES string of the molecule is COCOc1ccccc1-c1cc(N2CCC3(CC2)CN(CCOC2CC4(CCN(C(=O)O)CC4)C2)CCO3)c(N)nn1. The molecule has 3 N–H and O–H groups in total. The monoisotopic (exact) mass is 596 g/mol. The number of benzene rings is 1. The van der Waals surface area contributed by atoms with E-state index in [1.165, 1.54) is 0 Å². The van der Waals surface area contributed by atoms with Crippen LogP contribution < -0.4 is 15.4 Å². The Morgan fingerprint density at radius 2 is 1.86 bits per heavy atom. The first-order valence-electron chi connectivity index (χ1n) is 15.4. The zero-order valence-corrected chi connectivity index (χ0v) is 25.1. The molecule has 43 heavy (non-hydrogen) atoms. The van der Waals surface area contributed by atoms with Crippen molar-refractivity contribution in [1.29, 1.82) is 0 Å². The second-order valence-electron chi connectivity index (χ2n) is 12.5. The molecule has 6 rings (SSSR count). The standard InChI is InChI=1S/C31H44N6O6/c1-40-22-42-27-5-3-2-4-24(27)25-18-26(28(32)34-33-25)36-12-8-31(9-13-36)21-35(15-17-43-31)14-16-41-23-19-30(20-23)6-10-37(11-7-30)29(38)39/h2-5,18,23H,6-17,19-22H2,1H3,(H2,32,34)(H,38,39). The smallest absolute Gasteiger partial charge is 0.407 e. The Bertz CT molecular complexity index is 1260. The summed E-state index contributed by atoms with van der Waals surface area (Å²) in [6.07, 6.45) is 5.36. The average Bonchev–Trinajstić information content (AvgIpc) is 3.00. The molecule has 3 saturated heterocycles. The molecule has 1 amide bonds. The van der Waals surface area contributed by atoms with Gasteiger partial charge in [0.1, 0.15) is 5.75 Å². The molecule has 4 heterocycles. The molecule has 2 spiro atoms. The summed E-state index contributed by atoms with van der Waals surface area (Å²) in [4.78, 5) is 17.5. The maximum Gasteiger partial charge on any atom is 0.407 e. The lowest BCUT2D eigenvalue weighted by Gasteiger charge is -2.51. The van der Waals surface area contributed by atoms with Crippen molar-refractivity contribution >= 4 is 17.6 Å². The van der Waals surface area contributed by atoms with Crippen molar-refractivity contribution in [2.75, 3.05) is 83.6 Å². The number of carbonyl (C=O) groups is 1. The molecule has 12 heteroatoms. The number of anilines is 2. The third-order valence-electron chi connectivity index (χ3n) is 9.82. The number of methoxy groups -OCH3 is 1. The van der Waals surface area contributed by atoms with Gasteiger partial charge in [0.2, 0.25) is 0 Å². The van der Waals surface area contributed by atoms with E-state index in [0.29, 0.717) is 41.9 Å². The van der Waals surface area contributed by atoms with Crippen LogP contribution in [0.5, 0.6) is 5.75 Å². The summed E-state index contributed by atoms with van der Waals surface area (Å²) in [5, 5.41) is 17.9. The van der Waals surface area contributed by atoms with Gasteiger partial charge in [0.25, 0.3) is 0 Å². The summed E-state index contributed by atoms with van der Waals surface area (Å²) in [5.41, 5.74) is 8.89. The number of morpholine rings is 1. The van der Waals surface area contributed by atoms with Crippen molar-refractivity contribution in [3.8, 4) is 17.0 Å². The highest BCUT2D eigenvalue weighted by molar-refractivity contribution is 5.74. The minimum Gasteiger partial charge on any atom is -0.467 e. The van der Waals surface area contributed by atoms with E-state index in [4.69, 9.17) is 24.7 Å². The first kappa shape index (κ1) is 29.9. The number of carboxylic acid groups (broad SMARTS) is 1. The molecule has 0 radical (unpaired) electrons. The van der Waals surface area contributed by atoms with Crippen LogP contribution in [0.1, 0.15) is 38.5 Å². The zero-order valence-electron chi connectivity index (χ0n) is 25.1. The lowest BCUT2D eigenvalue weighted by molar-refractivity contribution is -0.134. The fraction of sp³-hybridized carbons (Fsp3) is 0.645. The second-order valence-corrected chi connectivity index (χ2v) is 12.5. The van der Waals surface area contributed by atoms with Gasteiger partial charge in [-0.05, 0) is 62.1 Å². The lowest BCUT2D eigenvalue weighted by atomic mass is 9.61. The summed E-state index contributed by atoms with van der Waals surface area (Å²) >= 11 is 0. The number of ether oxygens (including phenoxy) is 4. The Hall–Kier alpha value is -3.19. The van der Waals surface area contributed by atoms with Crippen molar-refractivity contribution in [2.24, 2.45) is 5.41 Å². The van der Waals surface area contributed by atoms with Crippen LogP contribution in [0.4, 0.5) is 16.3 Å². The summed E-state index contributed by atoms with van der Waals surface area (Å²) < 4.78 is 23.5. The molecule has 3 aliphatic heterocycles. The van der Waals surface area contributed by atoms with Crippen molar-refractivity contribution in [2.45, 2.75) is 50.2 Å². The Kier molecular flexibility index (Phi) is 8.90. The first-order chi connectivity index (χ1) is 20.9. The van der Waals surface area contributed by atoms with Gasteiger partial charge < -0.3 is 39.6 Å². The van der Waals surface area contributed by atoms with Crippen molar-refractivity contribution in [3.05, 3.63) is 30.3 Å². The predicted molar refractivity (Wildman–Crippen MR) is 161 cm³/mol.